The van der Waals surface area contributed by atoms with Crippen LogP contribution in [0.25, 0.3) is 0 Å². The van der Waals surface area contributed by atoms with Crippen LogP contribution in [0.5, 0.6) is 0 Å². The molecule has 0 spiro atoms. The third kappa shape index (κ3) is 6.69. The Balaban J connectivity index is 1.85. The second-order valence-electron chi connectivity index (χ2n) is 9.19. The van der Waals surface area contributed by atoms with Gasteiger partial charge >= 0.3 is 0 Å². The van der Waals surface area contributed by atoms with E-state index in [4.69, 9.17) is 34.2 Å². The molecule has 3 fully saturated rings. The van der Waals surface area contributed by atoms with E-state index in [1.165, 1.54) is 6.92 Å². The average Bonchev–Trinajstić information content (AvgIpc) is 2.85. The molecule has 14 atom stereocenters. The summed E-state index contributed by atoms with van der Waals surface area (Å²) in [6.07, 6.45) is -18.6. The van der Waals surface area contributed by atoms with Crippen molar-refractivity contribution >= 4 is 0 Å². The molecule has 0 aliphatic carbocycles. The Labute approximate surface area is 207 Å². The van der Waals surface area contributed by atoms with Crippen molar-refractivity contribution in [2.45, 2.75) is 106 Å². The minimum atomic E-state index is -1.77. The highest BCUT2D eigenvalue weighted by Gasteiger charge is 2.53. The van der Waals surface area contributed by atoms with Gasteiger partial charge in [0.25, 0.3) is 0 Å². The molecule has 212 valence electrons. The highest BCUT2D eigenvalue weighted by molar-refractivity contribution is 4.95. The maximum Gasteiger partial charge on any atom is 0.187 e. The molecule has 0 radical (unpaired) electrons. The van der Waals surface area contributed by atoms with Crippen molar-refractivity contribution in [2.75, 3.05) is 26.4 Å². The van der Waals surface area contributed by atoms with Gasteiger partial charge in [-0.05, 0) is 19.9 Å². The summed E-state index contributed by atoms with van der Waals surface area (Å²) in [5.41, 5.74) is 5.53. The quantitative estimate of drug-likeness (QED) is 0.120. The maximum absolute atomic E-state index is 10.9. The summed E-state index contributed by atoms with van der Waals surface area (Å²) >= 11 is 0. The Morgan fingerprint density at radius 2 is 1.39 bits per heavy atom. The van der Waals surface area contributed by atoms with Gasteiger partial charge in [-0.25, -0.2) is 0 Å². The van der Waals surface area contributed by atoms with E-state index in [0.29, 0.717) is 13.0 Å². The number of rotatable bonds is 10. The zero-order valence-corrected chi connectivity index (χ0v) is 19.9. The highest BCUT2D eigenvalue weighted by Crippen LogP contribution is 2.33. The van der Waals surface area contributed by atoms with Gasteiger partial charge in [-0.1, -0.05) is 0 Å². The van der Waals surface area contributed by atoms with E-state index in [-0.39, 0.29) is 13.0 Å². The average molecular weight is 530 g/mol. The lowest BCUT2D eigenvalue weighted by atomic mass is 9.96. The second-order valence-corrected chi connectivity index (χ2v) is 9.19. The molecule has 0 aromatic heterocycles. The SMILES string of the molecule is CC1O[C@@H](OC2[C@H](OCCCN)OC(CO)[C@H](O)[C@@H]2O[C@H]2OC(CO)[C@H](O)[C@H](O)C2O)C[C@@H](O)[C@@H]1O. The van der Waals surface area contributed by atoms with Crippen LogP contribution in [0.15, 0.2) is 0 Å². The van der Waals surface area contributed by atoms with Crippen molar-refractivity contribution in [3.63, 3.8) is 0 Å². The number of aliphatic hydroxyl groups excluding tert-OH is 8. The molecule has 0 aromatic carbocycles. The summed E-state index contributed by atoms with van der Waals surface area (Å²) in [5, 5.41) is 80.9. The lowest BCUT2D eigenvalue weighted by Crippen LogP contribution is -2.66. The molecule has 3 rings (SSSR count). The van der Waals surface area contributed by atoms with Crippen LogP contribution in [0, 0.1) is 0 Å². The molecular formula is C21H39NO14. The smallest absolute Gasteiger partial charge is 0.187 e. The molecule has 10 N–H and O–H groups in total. The van der Waals surface area contributed by atoms with Crippen molar-refractivity contribution in [1.82, 2.24) is 0 Å². The topological polar surface area (TPSA) is 243 Å². The molecule has 3 aliphatic rings. The van der Waals surface area contributed by atoms with Crippen LogP contribution < -0.4 is 5.73 Å². The summed E-state index contributed by atoms with van der Waals surface area (Å²) in [6.45, 7) is 0.628. The summed E-state index contributed by atoms with van der Waals surface area (Å²) in [5.74, 6) is 0. The molecule has 0 saturated carbocycles. The normalized spacial score (nSPS) is 48.2. The first-order chi connectivity index (χ1) is 17.1. The summed E-state index contributed by atoms with van der Waals surface area (Å²) in [6, 6.07) is 0. The first-order valence-corrected chi connectivity index (χ1v) is 12.0. The molecule has 0 amide bonds. The van der Waals surface area contributed by atoms with Gasteiger partial charge in [-0.2, -0.15) is 0 Å². The monoisotopic (exact) mass is 529 g/mol. The number of nitrogens with two attached hydrogens (primary N) is 1. The fourth-order valence-electron chi connectivity index (χ4n) is 4.38. The van der Waals surface area contributed by atoms with E-state index < -0.39 is 99.2 Å². The largest absolute Gasteiger partial charge is 0.394 e. The van der Waals surface area contributed by atoms with Crippen molar-refractivity contribution < 1.29 is 69.3 Å². The van der Waals surface area contributed by atoms with Crippen LogP contribution in [-0.4, -0.2) is 153 Å². The molecule has 36 heavy (non-hydrogen) atoms. The van der Waals surface area contributed by atoms with Gasteiger partial charge in [-0.15, -0.1) is 0 Å². The lowest BCUT2D eigenvalue weighted by Gasteiger charge is -2.48. The predicted molar refractivity (Wildman–Crippen MR) is 116 cm³/mol. The maximum atomic E-state index is 10.9. The van der Waals surface area contributed by atoms with E-state index >= 15 is 0 Å². The molecular weight excluding hydrogens is 490 g/mol. The third-order valence-corrected chi connectivity index (χ3v) is 6.55. The van der Waals surface area contributed by atoms with E-state index in [0.717, 1.165) is 0 Å². The van der Waals surface area contributed by atoms with Crippen LogP contribution in [0.1, 0.15) is 19.8 Å². The molecule has 5 unspecified atom stereocenters. The van der Waals surface area contributed by atoms with E-state index in [1.807, 2.05) is 0 Å². The zero-order valence-electron chi connectivity index (χ0n) is 19.9. The van der Waals surface area contributed by atoms with E-state index in [2.05, 4.69) is 0 Å². The van der Waals surface area contributed by atoms with Gasteiger partial charge in [0.1, 0.15) is 54.9 Å². The first kappa shape index (κ1) is 29.9. The molecule has 3 heterocycles. The number of hydrogen-bond donors (Lipinski definition) is 9. The van der Waals surface area contributed by atoms with Crippen LogP contribution in [0.4, 0.5) is 0 Å². The first-order valence-electron chi connectivity index (χ1n) is 12.0. The second kappa shape index (κ2) is 13.5. The Morgan fingerprint density at radius 1 is 0.750 bits per heavy atom. The minimum Gasteiger partial charge on any atom is -0.394 e. The van der Waals surface area contributed by atoms with Crippen LogP contribution >= 0.6 is 0 Å². The fraction of sp³-hybridized carbons (Fsp3) is 1.00. The Kier molecular flexibility index (Phi) is 11.2. The van der Waals surface area contributed by atoms with Crippen molar-refractivity contribution in [2.24, 2.45) is 5.73 Å². The molecule has 15 heteroatoms. The number of ether oxygens (including phenoxy) is 6. The number of aliphatic hydroxyl groups is 8. The van der Waals surface area contributed by atoms with Gasteiger partial charge in [0.2, 0.25) is 0 Å². The van der Waals surface area contributed by atoms with E-state index in [1.54, 1.807) is 0 Å². The molecule has 15 nitrogen and oxygen atoms in total. The summed E-state index contributed by atoms with van der Waals surface area (Å²) < 4.78 is 34.2. The third-order valence-electron chi connectivity index (χ3n) is 6.55. The molecule has 0 bridgehead atoms. The van der Waals surface area contributed by atoms with Crippen LogP contribution in [-0.2, 0) is 28.4 Å². The van der Waals surface area contributed by atoms with Gasteiger partial charge < -0.3 is 75.0 Å². The molecule has 3 aliphatic heterocycles. The molecule has 3 saturated heterocycles. The van der Waals surface area contributed by atoms with Gasteiger partial charge in [0.05, 0.1) is 32.0 Å². The van der Waals surface area contributed by atoms with Gasteiger partial charge in [-0.3, -0.25) is 0 Å². The van der Waals surface area contributed by atoms with E-state index in [9.17, 15) is 40.9 Å². The van der Waals surface area contributed by atoms with Gasteiger partial charge in [0, 0.05) is 6.42 Å². The zero-order chi connectivity index (χ0) is 26.6. The van der Waals surface area contributed by atoms with Crippen LogP contribution in [0.2, 0.25) is 0 Å². The summed E-state index contributed by atoms with van der Waals surface area (Å²) in [7, 11) is 0. The molecule has 0 aromatic rings. The predicted octanol–water partition coefficient (Wildman–Crippen LogP) is -5.14. The Morgan fingerprint density at radius 3 is 2.00 bits per heavy atom. The van der Waals surface area contributed by atoms with Crippen molar-refractivity contribution in [3.05, 3.63) is 0 Å². The Hall–Kier alpha value is -0.600. The van der Waals surface area contributed by atoms with Gasteiger partial charge in [0.15, 0.2) is 18.9 Å². The Bertz CT molecular complexity index is 648. The highest BCUT2D eigenvalue weighted by atomic mass is 16.8. The lowest BCUT2D eigenvalue weighted by molar-refractivity contribution is -0.382. The van der Waals surface area contributed by atoms with Crippen LogP contribution in [0.3, 0.4) is 0 Å². The fourth-order valence-corrected chi connectivity index (χ4v) is 4.38. The van der Waals surface area contributed by atoms with Crippen molar-refractivity contribution in [1.29, 1.82) is 0 Å². The number of hydrogen-bond acceptors (Lipinski definition) is 15. The standard InChI is InChI=1S/C21H39NO14/c1-8-13(26)9(25)5-12(32-8)35-19-18(15(28)11(7-24)34-21(19)31-4-2-3-22)36-20-17(30)16(29)14(27)10(6-23)33-20/h8-21,23-30H,2-7,22H2,1H3/t8?,9-,10?,11?,12+,13-,14+,15+,16+,17?,18+,19?,20-,21-/m1/s1. The van der Waals surface area contributed by atoms with Crippen molar-refractivity contribution in [3.8, 4) is 0 Å². The summed E-state index contributed by atoms with van der Waals surface area (Å²) in [4.78, 5) is 0. The minimum absolute atomic E-state index is 0.116.